The fourth-order valence-corrected chi connectivity index (χ4v) is 3.51. The maximum Gasteiger partial charge on any atom is 0.187 e. The summed E-state index contributed by atoms with van der Waals surface area (Å²) in [6.07, 6.45) is 2.86. The van der Waals surface area contributed by atoms with Crippen molar-refractivity contribution >= 4 is 23.0 Å². The topological polar surface area (TPSA) is 69.1 Å². The molecule has 0 bridgehead atoms. The summed E-state index contributed by atoms with van der Waals surface area (Å²) in [6, 6.07) is 3.70. The van der Waals surface area contributed by atoms with Crippen molar-refractivity contribution < 1.29 is 9.84 Å². The van der Waals surface area contributed by atoms with E-state index in [1.807, 2.05) is 6.07 Å². The highest BCUT2D eigenvalue weighted by atomic mass is 32.1. The Bertz CT molecular complexity index is 657. The van der Waals surface area contributed by atoms with E-state index in [-0.39, 0.29) is 0 Å². The van der Waals surface area contributed by atoms with Gasteiger partial charge >= 0.3 is 0 Å². The van der Waals surface area contributed by atoms with E-state index in [4.69, 9.17) is 17.0 Å². The molecule has 1 aromatic rings. The van der Waals surface area contributed by atoms with Gasteiger partial charge in [-0.2, -0.15) is 5.10 Å². The summed E-state index contributed by atoms with van der Waals surface area (Å²) in [7, 11) is 0. The molecule has 0 spiro atoms. The molecule has 0 saturated carbocycles. The quantitative estimate of drug-likeness (QED) is 0.558. The van der Waals surface area contributed by atoms with Crippen LogP contribution in [0.1, 0.15) is 29.5 Å². The SMILES string of the molecule is Cc1ccc(O)c2c1CCC/C2=N\NC(=S)NCCN1CCOCC1. The van der Waals surface area contributed by atoms with E-state index in [1.54, 1.807) is 6.07 Å². The van der Waals surface area contributed by atoms with E-state index < -0.39 is 0 Å². The van der Waals surface area contributed by atoms with Gasteiger partial charge in [-0.15, -0.1) is 0 Å². The molecule has 0 aromatic heterocycles. The maximum absolute atomic E-state index is 10.2. The lowest BCUT2D eigenvalue weighted by Crippen LogP contribution is -2.43. The monoisotopic (exact) mass is 362 g/mol. The molecule has 136 valence electrons. The number of thiocarbonyl (C=S) groups is 1. The van der Waals surface area contributed by atoms with Crippen LogP contribution in [0.25, 0.3) is 0 Å². The number of nitrogens with one attached hydrogen (secondary N) is 2. The van der Waals surface area contributed by atoms with Crippen LogP contribution in [-0.4, -0.2) is 60.2 Å². The van der Waals surface area contributed by atoms with Crippen LogP contribution >= 0.6 is 12.2 Å². The molecule has 1 fully saturated rings. The Morgan fingerprint density at radius 1 is 1.32 bits per heavy atom. The molecule has 1 aliphatic heterocycles. The van der Waals surface area contributed by atoms with Crippen LogP contribution in [-0.2, 0) is 11.2 Å². The summed E-state index contributed by atoms with van der Waals surface area (Å²) in [5.74, 6) is 0.298. The molecule has 6 nitrogen and oxygen atoms in total. The number of aromatic hydroxyl groups is 1. The number of morpholine rings is 1. The van der Waals surface area contributed by atoms with Crippen molar-refractivity contribution in [2.24, 2.45) is 5.10 Å². The number of ether oxygens (including phenoxy) is 1. The van der Waals surface area contributed by atoms with E-state index in [1.165, 1.54) is 11.1 Å². The number of hydrogen-bond acceptors (Lipinski definition) is 5. The van der Waals surface area contributed by atoms with Crippen molar-refractivity contribution in [3.05, 3.63) is 28.8 Å². The van der Waals surface area contributed by atoms with E-state index in [0.717, 1.165) is 69.9 Å². The Labute approximate surface area is 154 Å². The zero-order chi connectivity index (χ0) is 17.6. The standard InChI is InChI=1S/C18H26N4O2S/c1-13-5-6-16(23)17-14(13)3-2-4-15(17)20-21-18(25)19-7-8-22-9-11-24-12-10-22/h5-6,23H,2-4,7-12H2,1H3,(H2,19,21,25)/b20-15+. The molecule has 2 aliphatic rings. The highest BCUT2D eigenvalue weighted by Crippen LogP contribution is 2.31. The lowest BCUT2D eigenvalue weighted by molar-refractivity contribution is 0.0389. The van der Waals surface area contributed by atoms with Crippen molar-refractivity contribution in [1.82, 2.24) is 15.6 Å². The van der Waals surface area contributed by atoms with Gasteiger partial charge in [0, 0.05) is 31.7 Å². The first-order valence-electron chi connectivity index (χ1n) is 8.87. The minimum Gasteiger partial charge on any atom is -0.507 e. The Balaban J connectivity index is 1.54. The average Bonchev–Trinajstić information content (AvgIpc) is 2.64. The number of phenols is 1. The molecule has 0 radical (unpaired) electrons. The largest absolute Gasteiger partial charge is 0.507 e. The van der Waals surface area contributed by atoms with Crippen LogP contribution in [0.3, 0.4) is 0 Å². The van der Waals surface area contributed by atoms with Crippen LogP contribution in [0.4, 0.5) is 0 Å². The second-order valence-electron chi connectivity index (χ2n) is 6.49. The molecule has 1 heterocycles. The number of hydrazone groups is 1. The van der Waals surface area contributed by atoms with Crippen LogP contribution in [0, 0.1) is 6.92 Å². The average molecular weight is 362 g/mol. The van der Waals surface area contributed by atoms with Crippen molar-refractivity contribution in [2.75, 3.05) is 39.4 Å². The fraction of sp³-hybridized carbons (Fsp3) is 0.556. The van der Waals surface area contributed by atoms with Crippen LogP contribution in [0.15, 0.2) is 17.2 Å². The third-order valence-corrected chi connectivity index (χ3v) is 5.00. The van der Waals surface area contributed by atoms with Crippen molar-refractivity contribution in [3.8, 4) is 5.75 Å². The third-order valence-electron chi connectivity index (χ3n) is 4.76. The second-order valence-corrected chi connectivity index (χ2v) is 6.90. The first kappa shape index (κ1) is 18.1. The van der Waals surface area contributed by atoms with Gasteiger partial charge in [0.15, 0.2) is 5.11 Å². The smallest absolute Gasteiger partial charge is 0.187 e. The summed E-state index contributed by atoms with van der Waals surface area (Å²) < 4.78 is 5.34. The van der Waals surface area contributed by atoms with Gasteiger partial charge in [0.1, 0.15) is 5.75 Å². The molecule has 0 atom stereocenters. The molecule has 3 N–H and O–H groups in total. The predicted molar refractivity (Wildman–Crippen MR) is 103 cm³/mol. The number of hydrogen-bond donors (Lipinski definition) is 3. The third kappa shape index (κ3) is 4.68. The van der Waals surface area contributed by atoms with Crippen molar-refractivity contribution in [1.29, 1.82) is 0 Å². The first-order chi connectivity index (χ1) is 12.1. The van der Waals surface area contributed by atoms with Gasteiger partial charge in [0.05, 0.1) is 18.9 Å². The number of fused-ring (bicyclic) bond motifs is 1. The normalized spacial score (nSPS) is 19.5. The number of phenolic OH excluding ortho intramolecular Hbond substituents is 1. The number of aryl methyl sites for hydroxylation is 1. The Kier molecular flexibility index (Phi) is 6.23. The molecule has 0 unspecified atom stereocenters. The number of benzene rings is 1. The van der Waals surface area contributed by atoms with E-state index >= 15 is 0 Å². The highest BCUT2D eigenvalue weighted by Gasteiger charge is 2.21. The van der Waals surface area contributed by atoms with Gasteiger partial charge in [0.2, 0.25) is 0 Å². The maximum atomic E-state index is 10.2. The Morgan fingerprint density at radius 2 is 2.12 bits per heavy atom. The Morgan fingerprint density at radius 3 is 2.92 bits per heavy atom. The molecule has 1 saturated heterocycles. The molecule has 25 heavy (non-hydrogen) atoms. The second kappa shape index (κ2) is 8.60. The summed E-state index contributed by atoms with van der Waals surface area (Å²) in [5.41, 5.74) is 7.07. The van der Waals surface area contributed by atoms with Crippen molar-refractivity contribution in [2.45, 2.75) is 26.2 Å². The molecule has 3 rings (SSSR count). The molecular weight excluding hydrogens is 336 g/mol. The zero-order valence-electron chi connectivity index (χ0n) is 14.7. The van der Waals surface area contributed by atoms with E-state index in [9.17, 15) is 5.11 Å². The predicted octanol–water partition coefficient (Wildman–Crippen LogP) is 1.54. The van der Waals surface area contributed by atoms with Gasteiger partial charge in [-0.05, 0) is 55.6 Å². The molecule has 7 heteroatoms. The summed E-state index contributed by atoms with van der Waals surface area (Å²) >= 11 is 5.31. The van der Waals surface area contributed by atoms with Crippen LogP contribution in [0.2, 0.25) is 0 Å². The van der Waals surface area contributed by atoms with E-state index in [0.29, 0.717) is 10.9 Å². The zero-order valence-corrected chi connectivity index (χ0v) is 15.5. The van der Waals surface area contributed by atoms with Gasteiger partial charge in [-0.25, -0.2) is 0 Å². The minimum atomic E-state index is 0.298. The summed E-state index contributed by atoms with van der Waals surface area (Å²) in [4.78, 5) is 2.35. The van der Waals surface area contributed by atoms with Gasteiger partial charge < -0.3 is 15.2 Å². The van der Waals surface area contributed by atoms with Crippen LogP contribution in [0.5, 0.6) is 5.75 Å². The lowest BCUT2D eigenvalue weighted by atomic mass is 9.86. The van der Waals surface area contributed by atoms with Gasteiger partial charge in [-0.1, -0.05) is 6.07 Å². The van der Waals surface area contributed by atoms with Crippen LogP contribution < -0.4 is 10.7 Å². The molecular formula is C18H26N4O2S. The Hall–Kier alpha value is -1.70. The highest BCUT2D eigenvalue weighted by molar-refractivity contribution is 7.80. The van der Waals surface area contributed by atoms with E-state index in [2.05, 4.69) is 27.7 Å². The number of rotatable bonds is 4. The first-order valence-corrected chi connectivity index (χ1v) is 9.28. The summed E-state index contributed by atoms with van der Waals surface area (Å²) in [5, 5.41) is 18.4. The van der Waals surface area contributed by atoms with Gasteiger partial charge in [0.25, 0.3) is 0 Å². The summed E-state index contributed by atoms with van der Waals surface area (Å²) in [6.45, 7) is 7.34. The fourth-order valence-electron chi connectivity index (χ4n) is 3.36. The van der Waals surface area contributed by atoms with Crippen molar-refractivity contribution in [3.63, 3.8) is 0 Å². The number of nitrogens with zero attached hydrogens (tertiary/aromatic N) is 2. The molecule has 0 amide bonds. The lowest BCUT2D eigenvalue weighted by Gasteiger charge is -2.26. The molecule has 1 aliphatic carbocycles. The minimum absolute atomic E-state index is 0.298. The van der Waals surface area contributed by atoms with Gasteiger partial charge in [-0.3, -0.25) is 10.3 Å². The molecule has 1 aromatic carbocycles.